The highest BCUT2D eigenvalue weighted by molar-refractivity contribution is 7.21. The lowest BCUT2D eigenvalue weighted by Gasteiger charge is -2.28. The number of ketones is 1. The number of urea groups is 1. The van der Waals surface area contributed by atoms with Gasteiger partial charge in [0.2, 0.25) is 0 Å². The van der Waals surface area contributed by atoms with Gasteiger partial charge in [-0.15, -0.1) is 11.3 Å². The summed E-state index contributed by atoms with van der Waals surface area (Å²) in [5, 5.41) is 3.46. The topological polar surface area (TPSA) is 62.3 Å². The molecule has 148 valence electrons. The van der Waals surface area contributed by atoms with Gasteiger partial charge >= 0.3 is 6.03 Å². The molecule has 0 spiro atoms. The average Bonchev–Trinajstić information content (AvgIpc) is 3.10. The molecule has 5 nitrogen and oxygen atoms in total. The van der Waals surface area contributed by atoms with E-state index in [0.29, 0.717) is 37.7 Å². The number of carbonyl (C=O) groups excluding carboxylic acids is 2. The van der Waals surface area contributed by atoms with Crippen LogP contribution in [0.2, 0.25) is 0 Å². The summed E-state index contributed by atoms with van der Waals surface area (Å²) in [5.41, 5.74) is 2.04. The molecule has 1 aliphatic heterocycles. The van der Waals surface area contributed by atoms with E-state index in [1.54, 1.807) is 36.5 Å². The Kier molecular flexibility index (Phi) is 4.11. The van der Waals surface area contributed by atoms with E-state index in [1.807, 2.05) is 0 Å². The molecule has 0 saturated carbocycles. The van der Waals surface area contributed by atoms with Gasteiger partial charge in [0.1, 0.15) is 4.83 Å². The SMILES string of the molecule is CC(=O)c1sc2nccc3c2c1NC(=O)N3c1cccc(-c2cccc(F)c2F)c1. The van der Waals surface area contributed by atoms with Crippen molar-refractivity contribution in [3.8, 4) is 11.1 Å². The van der Waals surface area contributed by atoms with Crippen molar-refractivity contribution in [1.29, 1.82) is 0 Å². The fraction of sp³-hybridized carbons (Fsp3) is 0.0455. The number of nitrogens with one attached hydrogen (secondary N) is 1. The summed E-state index contributed by atoms with van der Waals surface area (Å²) in [6, 6.07) is 11.8. The molecule has 0 radical (unpaired) electrons. The highest BCUT2D eigenvalue weighted by atomic mass is 32.1. The summed E-state index contributed by atoms with van der Waals surface area (Å²) < 4.78 is 28.0. The third kappa shape index (κ3) is 2.68. The van der Waals surface area contributed by atoms with Crippen LogP contribution in [0.15, 0.2) is 54.7 Å². The molecule has 30 heavy (non-hydrogen) atoms. The molecule has 5 rings (SSSR count). The number of amides is 2. The fourth-order valence-electron chi connectivity index (χ4n) is 3.63. The number of halogens is 2. The number of hydrogen-bond acceptors (Lipinski definition) is 4. The van der Waals surface area contributed by atoms with Gasteiger partial charge in [-0.05, 0) is 29.8 Å². The van der Waals surface area contributed by atoms with Crippen molar-refractivity contribution in [2.24, 2.45) is 0 Å². The third-order valence-corrected chi connectivity index (χ3v) is 6.13. The number of aromatic nitrogens is 1. The average molecular weight is 421 g/mol. The second kappa shape index (κ2) is 6.70. The molecule has 1 N–H and O–H groups in total. The number of nitrogens with zero attached hydrogens (tertiary/aromatic N) is 2. The van der Waals surface area contributed by atoms with Gasteiger partial charge in [-0.1, -0.05) is 24.3 Å². The summed E-state index contributed by atoms with van der Waals surface area (Å²) in [5.74, 6) is -2.05. The highest BCUT2D eigenvalue weighted by Crippen LogP contribution is 2.46. The first-order valence-corrected chi connectivity index (χ1v) is 9.85. The fourth-order valence-corrected chi connectivity index (χ4v) is 4.64. The summed E-state index contributed by atoms with van der Waals surface area (Å²) in [4.78, 5) is 31.8. The molecule has 0 bridgehead atoms. The van der Waals surface area contributed by atoms with Gasteiger partial charge in [0.05, 0.1) is 27.3 Å². The molecule has 0 atom stereocenters. The Labute approximate surface area is 173 Å². The Morgan fingerprint density at radius 1 is 1.13 bits per heavy atom. The minimum Gasteiger partial charge on any atom is -0.305 e. The molecule has 2 amide bonds. The summed E-state index contributed by atoms with van der Waals surface area (Å²) >= 11 is 1.22. The second-order valence-corrected chi connectivity index (χ2v) is 7.79. The predicted molar refractivity (Wildman–Crippen MR) is 113 cm³/mol. The first-order valence-electron chi connectivity index (χ1n) is 9.03. The third-order valence-electron chi connectivity index (χ3n) is 4.93. The van der Waals surface area contributed by atoms with Gasteiger partial charge in [0.15, 0.2) is 17.4 Å². The molecule has 0 unspecified atom stereocenters. The van der Waals surface area contributed by atoms with Crippen LogP contribution in [0, 0.1) is 11.6 Å². The van der Waals surface area contributed by atoms with Crippen molar-refractivity contribution in [3.05, 3.63) is 71.2 Å². The summed E-state index contributed by atoms with van der Waals surface area (Å²) in [6.45, 7) is 1.44. The van der Waals surface area contributed by atoms with Crippen LogP contribution in [0.25, 0.3) is 21.3 Å². The number of Topliss-reactive ketones (excluding diaryl/α,β-unsaturated/α-hetero) is 1. The van der Waals surface area contributed by atoms with E-state index >= 15 is 0 Å². The molecular formula is C22H13F2N3O2S. The lowest BCUT2D eigenvalue weighted by atomic mass is 10.0. The molecule has 2 aromatic heterocycles. The first kappa shape index (κ1) is 18.4. The zero-order chi connectivity index (χ0) is 21.0. The molecule has 4 aromatic rings. The number of pyridine rings is 1. The van der Waals surface area contributed by atoms with Crippen LogP contribution >= 0.6 is 11.3 Å². The normalized spacial score (nSPS) is 12.9. The zero-order valence-electron chi connectivity index (χ0n) is 15.6. The maximum absolute atomic E-state index is 14.3. The summed E-state index contributed by atoms with van der Waals surface area (Å²) in [7, 11) is 0. The molecule has 0 fully saturated rings. The first-order chi connectivity index (χ1) is 14.5. The maximum atomic E-state index is 14.3. The smallest absolute Gasteiger partial charge is 0.305 e. The molecule has 2 aromatic carbocycles. The van der Waals surface area contributed by atoms with E-state index in [9.17, 15) is 18.4 Å². The van der Waals surface area contributed by atoms with Crippen LogP contribution in [-0.4, -0.2) is 16.8 Å². The van der Waals surface area contributed by atoms with Crippen LogP contribution in [-0.2, 0) is 0 Å². The molecule has 1 aliphatic rings. The highest BCUT2D eigenvalue weighted by Gasteiger charge is 2.32. The van der Waals surface area contributed by atoms with Crippen molar-refractivity contribution in [3.63, 3.8) is 0 Å². The Hall–Kier alpha value is -3.65. The zero-order valence-corrected chi connectivity index (χ0v) is 16.4. The standard InChI is InChI=1S/C22H13F2N3O2S/c1-11(28)20-19-17-16(8-9-25-21(17)30-20)27(22(29)26-19)13-5-2-4-12(10-13)14-6-3-7-15(23)18(14)24/h2-10H,1H3,(H,26,29). The van der Waals surface area contributed by atoms with E-state index in [-0.39, 0.29) is 11.3 Å². The number of rotatable bonds is 3. The number of benzene rings is 2. The van der Waals surface area contributed by atoms with Crippen molar-refractivity contribution >= 4 is 50.4 Å². The van der Waals surface area contributed by atoms with E-state index in [2.05, 4.69) is 10.3 Å². The van der Waals surface area contributed by atoms with Gasteiger partial charge in [-0.2, -0.15) is 0 Å². The van der Waals surface area contributed by atoms with Gasteiger partial charge in [-0.25, -0.2) is 18.6 Å². The number of carbonyl (C=O) groups is 2. The molecule has 0 aliphatic carbocycles. The van der Waals surface area contributed by atoms with E-state index < -0.39 is 17.7 Å². The van der Waals surface area contributed by atoms with Crippen molar-refractivity contribution in [1.82, 2.24) is 4.98 Å². The molecule has 0 saturated heterocycles. The Morgan fingerprint density at radius 2 is 1.93 bits per heavy atom. The quantitative estimate of drug-likeness (QED) is 0.405. The number of thiophene rings is 1. The monoisotopic (exact) mass is 421 g/mol. The van der Waals surface area contributed by atoms with Gasteiger partial charge in [0, 0.05) is 18.7 Å². The largest absolute Gasteiger partial charge is 0.331 e. The van der Waals surface area contributed by atoms with Crippen LogP contribution in [0.1, 0.15) is 16.6 Å². The van der Waals surface area contributed by atoms with E-state index in [1.165, 1.54) is 35.3 Å². The van der Waals surface area contributed by atoms with Crippen LogP contribution in [0.3, 0.4) is 0 Å². The minimum absolute atomic E-state index is 0.101. The van der Waals surface area contributed by atoms with Gasteiger partial charge in [-0.3, -0.25) is 9.69 Å². The van der Waals surface area contributed by atoms with Crippen LogP contribution in [0.4, 0.5) is 30.6 Å². The van der Waals surface area contributed by atoms with Crippen molar-refractivity contribution in [2.75, 3.05) is 10.2 Å². The Morgan fingerprint density at radius 3 is 2.73 bits per heavy atom. The Bertz CT molecular complexity index is 1370. The predicted octanol–water partition coefficient (Wildman–Crippen LogP) is 6.13. The molecule has 3 heterocycles. The summed E-state index contributed by atoms with van der Waals surface area (Å²) in [6.07, 6.45) is 1.57. The second-order valence-electron chi connectivity index (χ2n) is 6.79. The number of hydrogen-bond donors (Lipinski definition) is 1. The molecular weight excluding hydrogens is 408 g/mol. The maximum Gasteiger partial charge on any atom is 0.331 e. The Balaban J connectivity index is 1.69. The van der Waals surface area contributed by atoms with Gasteiger partial charge < -0.3 is 5.32 Å². The van der Waals surface area contributed by atoms with Crippen molar-refractivity contribution < 1.29 is 18.4 Å². The van der Waals surface area contributed by atoms with Gasteiger partial charge in [0.25, 0.3) is 0 Å². The lowest BCUT2D eigenvalue weighted by molar-refractivity contribution is 0.102. The lowest BCUT2D eigenvalue weighted by Crippen LogP contribution is -2.34. The van der Waals surface area contributed by atoms with Crippen LogP contribution in [0.5, 0.6) is 0 Å². The minimum atomic E-state index is -0.949. The molecule has 8 heteroatoms. The number of anilines is 3. The van der Waals surface area contributed by atoms with Crippen LogP contribution < -0.4 is 10.2 Å². The van der Waals surface area contributed by atoms with Crippen molar-refractivity contribution in [2.45, 2.75) is 6.92 Å². The van der Waals surface area contributed by atoms with E-state index in [4.69, 9.17) is 0 Å². The van der Waals surface area contributed by atoms with E-state index in [0.717, 1.165) is 6.07 Å².